The third-order valence-corrected chi connectivity index (χ3v) is 4.99. The van der Waals surface area contributed by atoms with Gasteiger partial charge in [0.2, 0.25) is 0 Å². The number of aliphatic hydroxyl groups is 1. The molecule has 7 heteroatoms. The first-order valence-electron chi connectivity index (χ1n) is 9.32. The molecule has 4 rings (SSSR count). The SMILES string of the molecule is O=C(c1cnccn1)N1CCC[C@@H](c2cncc(-c3ccc(CO)cc3)n2)C1. The Morgan fingerprint density at radius 3 is 2.71 bits per heavy atom. The average molecular weight is 375 g/mol. The zero-order valence-electron chi connectivity index (χ0n) is 15.4. The van der Waals surface area contributed by atoms with E-state index >= 15 is 0 Å². The highest BCUT2D eigenvalue weighted by Crippen LogP contribution is 2.27. The Labute approximate surface area is 163 Å². The predicted octanol–water partition coefficient (Wildman–Crippen LogP) is 2.45. The summed E-state index contributed by atoms with van der Waals surface area (Å²) in [6, 6.07) is 7.63. The molecular weight excluding hydrogens is 354 g/mol. The second kappa shape index (κ2) is 8.22. The van der Waals surface area contributed by atoms with E-state index in [-0.39, 0.29) is 18.4 Å². The first-order valence-corrected chi connectivity index (χ1v) is 9.32. The van der Waals surface area contributed by atoms with Crippen LogP contribution in [0.2, 0.25) is 0 Å². The number of hydrogen-bond acceptors (Lipinski definition) is 6. The molecule has 1 amide bonds. The number of piperidine rings is 1. The van der Waals surface area contributed by atoms with E-state index < -0.39 is 0 Å². The molecule has 142 valence electrons. The Morgan fingerprint density at radius 2 is 1.96 bits per heavy atom. The van der Waals surface area contributed by atoms with Gasteiger partial charge in [-0.3, -0.25) is 14.8 Å². The van der Waals surface area contributed by atoms with E-state index in [2.05, 4.69) is 15.0 Å². The maximum absolute atomic E-state index is 12.7. The minimum absolute atomic E-state index is 0.0176. The van der Waals surface area contributed by atoms with Crippen LogP contribution in [0, 0.1) is 0 Å². The van der Waals surface area contributed by atoms with E-state index in [1.165, 1.54) is 12.4 Å². The van der Waals surface area contributed by atoms with Gasteiger partial charge >= 0.3 is 0 Å². The molecule has 0 aliphatic carbocycles. The molecular formula is C21H21N5O2. The average Bonchev–Trinajstić information content (AvgIpc) is 2.79. The number of aromatic nitrogens is 4. The Balaban J connectivity index is 1.53. The summed E-state index contributed by atoms with van der Waals surface area (Å²) in [4.78, 5) is 31.8. The van der Waals surface area contributed by atoms with E-state index in [1.807, 2.05) is 29.2 Å². The van der Waals surface area contributed by atoms with E-state index in [0.717, 1.165) is 35.4 Å². The van der Waals surface area contributed by atoms with Crippen molar-refractivity contribution in [2.45, 2.75) is 25.4 Å². The Hall–Kier alpha value is -3.19. The van der Waals surface area contributed by atoms with E-state index in [0.29, 0.717) is 18.8 Å². The van der Waals surface area contributed by atoms with Gasteiger partial charge in [-0.2, -0.15) is 0 Å². The molecule has 0 spiro atoms. The number of carbonyl (C=O) groups excluding carboxylic acids is 1. The highest BCUT2D eigenvalue weighted by molar-refractivity contribution is 5.92. The minimum Gasteiger partial charge on any atom is -0.392 e. The minimum atomic E-state index is -0.0958. The Morgan fingerprint density at radius 1 is 1.11 bits per heavy atom. The van der Waals surface area contributed by atoms with Crippen molar-refractivity contribution >= 4 is 5.91 Å². The molecule has 2 aromatic heterocycles. The van der Waals surface area contributed by atoms with Crippen molar-refractivity contribution in [3.63, 3.8) is 0 Å². The van der Waals surface area contributed by atoms with Gasteiger partial charge in [0.15, 0.2) is 0 Å². The largest absolute Gasteiger partial charge is 0.392 e. The van der Waals surface area contributed by atoms with Crippen molar-refractivity contribution in [3.8, 4) is 11.3 Å². The van der Waals surface area contributed by atoms with Gasteiger partial charge < -0.3 is 10.0 Å². The molecule has 1 aromatic carbocycles. The van der Waals surface area contributed by atoms with Crippen LogP contribution in [-0.4, -0.2) is 48.9 Å². The maximum Gasteiger partial charge on any atom is 0.274 e. The quantitative estimate of drug-likeness (QED) is 0.753. The molecule has 1 fully saturated rings. The predicted molar refractivity (Wildman–Crippen MR) is 103 cm³/mol. The van der Waals surface area contributed by atoms with Crippen LogP contribution in [0.15, 0.2) is 55.2 Å². The molecule has 0 saturated carbocycles. The van der Waals surface area contributed by atoms with Crippen LogP contribution in [-0.2, 0) is 6.61 Å². The zero-order chi connectivity index (χ0) is 19.3. The molecule has 28 heavy (non-hydrogen) atoms. The summed E-state index contributed by atoms with van der Waals surface area (Å²) in [6.07, 6.45) is 9.99. The van der Waals surface area contributed by atoms with Crippen molar-refractivity contribution < 1.29 is 9.90 Å². The Kier molecular flexibility index (Phi) is 5.34. The number of amides is 1. The first-order chi connectivity index (χ1) is 13.7. The number of carbonyl (C=O) groups is 1. The molecule has 0 unspecified atom stereocenters. The lowest BCUT2D eigenvalue weighted by Crippen LogP contribution is -2.39. The number of rotatable bonds is 4. The van der Waals surface area contributed by atoms with Crippen LogP contribution in [0.3, 0.4) is 0 Å². The normalized spacial score (nSPS) is 16.8. The van der Waals surface area contributed by atoms with Gasteiger partial charge in [0.1, 0.15) is 5.69 Å². The maximum atomic E-state index is 12.7. The summed E-state index contributed by atoms with van der Waals surface area (Å²) in [7, 11) is 0. The molecule has 1 atom stereocenters. The number of hydrogen-bond donors (Lipinski definition) is 1. The van der Waals surface area contributed by atoms with Crippen molar-refractivity contribution in [2.24, 2.45) is 0 Å². The van der Waals surface area contributed by atoms with Gasteiger partial charge in [0.05, 0.1) is 30.4 Å². The third kappa shape index (κ3) is 3.89. The van der Waals surface area contributed by atoms with E-state index in [1.54, 1.807) is 18.6 Å². The van der Waals surface area contributed by atoms with Crippen LogP contribution >= 0.6 is 0 Å². The fourth-order valence-electron chi connectivity index (χ4n) is 3.47. The second-order valence-corrected chi connectivity index (χ2v) is 6.87. The molecule has 1 N–H and O–H groups in total. The lowest BCUT2D eigenvalue weighted by molar-refractivity contribution is 0.0699. The van der Waals surface area contributed by atoms with Crippen molar-refractivity contribution in [3.05, 3.63) is 72.2 Å². The van der Waals surface area contributed by atoms with Crippen LogP contribution in [0.1, 0.15) is 40.5 Å². The molecule has 1 aliphatic rings. The van der Waals surface area contributed by atoms with Gasteiger partial charge in [0, 0.05) is 43.2 Å². The highest BCUT2D eigenvalue weighted by Gasteiger charge is 2.27. The smallest absolute Gasteiger partial charge is 0.274 e. The van der Waals surface area contributed by atoms with Crippen molar-refractivity contribution in [2.75, 3.05) is 13.1 Å². The molecule has 3 heterocycles. The fourth-order valence-corrected chi connectivity index (χ4v) is 3.47. The van der Waals surface area contributed by atoms with Gasteiger partial charge in [-0.15, -0.1) is 0 Å². The van der Waals surface area contributed by atoms with Crippen LogP contribution in [0.4, 0.5) is 0 Å². The summed E-state index contributed by atoms with van der Waals surface area (Å²) in [6.45, 7) is 1.32. The molecule has 3 aromatic rings. The third-order valence-electron chi connectivity index (χ3n) is 4.99. The van der Waals surface area contributed by atoms with Crippen LogP contribution in [0.5, 0.6) is 0 Å². The number of benzene rings is 1. The first kappa shape index (κ1) is 18.2. The molecule has 7 nitrogen and oxygen atoms in total. The summed E-state index contributed by atoms with van der Waals surface area (Å²) in [5.74, 6) is 0.0417. The van der Waals surface area contributed by atoms with Crippen molar-refractivity contribution in [1.82, 2.24) is 24.8 Å². The number of nitrogens with zero attached hydrogens (tertiary/aromatic N) is 5. The fraction of sp³-hybridized carbons (Fsp3) is 0.286. The van der Waals surface area contributed by atoms with E-state index in [9.17, 15) is 9.90 Å². The van der Waals surface area contributed by atoms with Crippen LogP contribution < -0.4 is 0 Å². The summed E-state index contributed by atoms with van der Waals surface area (Å²) < 4.78 is 0. The number of aliphatic hydroxyl groups excluding tert-OH is 1. The molecule has 0 bridgehead atoms. The van der Waals surface area contributed by atoms with Gasteiger partial charge in [-0.25, -0.2) is 9.97 Å². The lowest BCUT2D eigenvalue weighted by Gasteiger charge is -2.32. The number of likely N-dealkylation sites (tertiary alicyclic amines) is 1. The summed E-state index contributed by atoms with van der Waals surface area (Å²) in [5.41, 5.74) is 3.86. The highest BCUT2D eigenvalue weighted by atomic mass is 16.3. The van der Waals surface area contributed by atoms with Gasteiger partial charge in [-0.05, 0) is 18.4 Å². The molecule has 0 radical (unpaired) electrons. The van der Waals surface area contributed by atoms with E-state index in [4.69, 9.17) is 4.98 Å². The van der Waals surface area contributed by atoms with Gasteiger partial charge in [0.25, 0.3) is 5.91 Å². The summed E-state index contributed by atoms with van der Waals surface area (Å²) in [5, 5.41) is 9.20. The topological polar surface area (TPSA) is 92.1 Å². The van der Waals surface area contributed by atoms with Crippen LogP contribution in [0.25, 0.3) is 11.3 Å². The molecule has 1 saturated heterocycles. The second-order valence-electron chi connectivity index (χ2n) is 6.87. The monoisotopic (exact) mass is 375 g/mol. The standard InChI is InChI=1S/C21H21N5O2/c27-14-15-3-5-16(6-4-15)18-10-23-11-19(25-18)17-2-1-9-26(13-17)21(28)20-12-22-7-8-24-20/h3-8,10-12,17,27H,1-2,9,13-14H2/t17-/m1/s1. The summed E-state index contributed by atoms with van der Waals surface area (Å²) >= 11 is 0. The van der Waals surface area contributed by atoms with Crippen molar-refractivity contribution in [1.29, 1.82) is 0 Å². The van der Waals surface area contributed by atoms with Gasteiger partial charge in [-0.1, -0.05) is 24.3 Å². The lowest BCUT2D eigenvalue weighted by atomic mass is 9.94. The Bertz CT molecular complexity index is 947. The zero-order valence-corrected chi connectivity index (χ0v) is 15.4. The molecule has 1 aliphatic heterocycles.